The predicted octanol–water partition coefficient (Wildman–Crippen LogP) is 5.56. The zero-order valence-electron chi connectivity index (χ0n) is 9.58. The van der Waals surface area contributed by atoms with E-state index in [9.17, 15) is 0 Å². The number of halogens is 4. The molecule has 0 fully saturated rings. The van der Waals surface area contributed by atoms with Gasteiger partial charge in [-0.3, -0.25) is 0 Å². The highest BCUT2D eigenvalue weighted by molar-refractivity contribution is 14.1. The Morgan fingerprint density at radius 2 is 1.84 bits per heavy atom. The average molecular weight is 475 g/mol. The minimum atomic E-state index is 0.375. The lowest BCUT2D eigenvalue weighted by Gasteiger charge is -2.10. The van der Waals surface area contributed by atoms with Crippen LogP contribution in [0.2, 0.25) is 10.0 Å². The number of ether oxygens (including phenoxy) is 2. The summed E-state index contributed by atoms with van der Waals surface area (Å²) in [6.07, 6.45) is 1.58. The topological polar surface area (TPSA) is 31.4 Å². The summed E-state index contributed by atoms with van der Waals surface area (Å²) >= 11 is 17.6. The van der Waals surface area contributed by atoms with Crippen LogP contribution in [-0.4, -0.2) is 12.1 Å². The van der Waals surface area contributed by atoms with Gasteiger partial charge in [0, 0.05) is 10.5 Å². The van der Waals surface area contributed by atoms with Crippen molar-refractivity contribution in [2.75, 3.05) is 7.11 Å². The van der Waals surface area contributed by atoms with E-state index in [1.54, 1.807) is 31.5 Å². The summed E-state index contributed by atoms with van der Waals surface area (Å²) in [5.41, 5.74) is 0. The van der Waals surface area contributed by atoms with Gasteiger partial charge in [-0.05, 0) is 34.7 Å². The van der Waals surface area contributed by atoms with Crippen LogP contribution in [0.4, 0.5) is 0 Å². The Morgan fingerprint density at radius 3 is 2.37 bits per heavy atom. The highest BCUT2D eigenvalue weighted by Gasteiger charge is 2.12. The van der Waals surface area contributed by atoms with E-state index >= 15 is 0 Å². The molecule has 0 N–H and O–H groups in total. The van der Waals surface area contributed by atoms with Crippen molar-refractivity contribution < 1.29 is 9.47 Å². The molecule has 1 heterocycles. The summed E-state index contributed by atoms with van der Waals surface area (Å²) in [4.78, 5) is 4.13. The summed E-state index contributed by atoms with van der Waals surface area (Å²) in [5, 5.41) is 0.819. The molecule has 19 heavy (non-hydrogen) atoms. The second-order valence-electron chi connectivity index (χ2n) is 3.46. The molecule has 1 aromatic heterocycles. The zero-order valence-corrected chi connectivity index (χ0v) is 14.8. The molecule has 0 bridgehead atoms. The van der Waals surface area contributed by atoms with Gasteiger partial charge in [0.05, 0.1) is 26.9 Å². The molecule has 0 spiro atoms. The minimum Gasteiger partial charge on any atom is -0.494 e. The van der Waals surface area contributed by atoms with E-state index in [0.717, 1.165) is 8.04 Å². The normalized spacial score (nSPS) is 10.4. The first kappa shape index (κ1) is 15.2. The van der Waals surface area contributed by atoms with Gasteiger partial charge in [0.2, 0.25) is 5.88 Å². The van der Waals surface area contributed by atoms with Crippen LogP contribution in [-0.2, 0) is 0 Å². The maximum atomic E-state index is 6.09. The predicted molar refractivity (Wildman–Crippen MR) is 87.7 cm³/mol. The molecule has 0 saturated carbocycles. The Bertz CT molecular complexity index is 602. The molecule has 0 saturated heterocycles. The quantitative estimate of drug-likeness (QED) is 0.546. The van der Waals surface area contributed by atoms with Crippen molar-refractivity contribution in [1.82, 2.24) is 4.98 Å². The van der Waals surface area contributed by atoms with Gasteiger partial charge in [0.1, 0.15) is 0 Å². The van der Waals surface area contributed by atoms with Crippen LogP contribution in [0.15, 0.2) is 28.9 Å². The second kappa shape index (κ2) is 6.47. The first-order chi connectivity index (χ1) is 9.01. The highest BCUT2D eigenvalue weighted by Crippen LogP contribution is 2.38. The van der Waals surface area contributed by atoms with E-state index in [4.69, 9.17) is 32.7 Å². The van der Waals surface area contributed by atoms with E-state index < -0.39 is 0 Å². The first-order valence-corrected chi connectivity index (χ1v) is 7.66. The third-order valence-corrected chi connectivity index (χ3v) is 4.05. The Hall–Kier alpha value is -0.240. The number of hydrogen-bond acceptors (Lipinski definition) is 3. The molecule has 2 rings (SSSR count). The number of methoxy groups -OCH3 is 1. The second-order valence-corrected chi connectivity index (χ2v) is 6.35. The zero-order chi connectivity index (χ0) is 14.0. The Balaban J connectivity index is 2.34. The number of rotatable bonds is 3. The van der Waals surface area contributed by atoms with Crippen LogP contribution >= 0.6 is 61.7 Å². The van der Waals surface area contributed by atoms with E-state index in [2.05, 4.69) is 43.5 Å². The fourth-order valence-electron chi connectivity index (χ4n) is 1.34. The third-order valence-electron chi connectivity index (χ3n) is 2.18. The molecule has 2 aromatic rings. The van der Waals surface area contributed by atoms with Crippen molar-refractivity contribution in [3.63, 3.8) is 0 Å². The third kappa shape index (κ3) is 3.65. The summed E-state index contributed by atoms with van der Waals surface area (Å²) in [6, 6.07) is 5.16. The van der Waals surface area contributed by atoms with Gasteiger partial charge in [-0.2, -0.15) is 0 Å². The molecule has 100 valence electrons. The Kier molecular flexibility index (Phi) is 5.16. The lowest BCUT2D eigenvalue weighted by molar-refractivity contribution is 0.404. The van der Waals surface area contributed by atoms with Gasteiger partial charge in [0.25, 0.3) is 0 Å². The van der Waals surface area contributed by atoms with Crippen LogP contribution in [0.5, 0.6) is 17.4 Å². The van der Waals surface area contributed by atoms with Crippen LogP contribution < -0.4 is 9.47 Å². The molecular weight excluding hydrogens is 468 g/mol. The maximum absolute atomic E-state index is 6.09. The number of benzene rings is 1. The smallest absolute Gasteiger partial charge is 0.220 e. The first-order valence-electron chi connectivity index (χ1n) is 5.03. The number of hydrogen-bond donors (Lipinski definition) is 0. The molecule has 0 atom stereocenters. The molecule has 1 aromatic carbocycles. The molecule has 0 aliphatic carbocycles. The lowest BCUT2D eigenvalue weighted by atomic mass is 10.3. The molecule has 0 unspecified atom stereocenters. The largest absolute Gasteiger partial charge is 0.494 e. The minimum absolute atomic E-state index is 0.375. The van der Waals surface area contributed by atoms with Crippen molar-refractivity contribution in [3.8, 4) is 17.4 Å². The summed E-state index contributed by atoms with van der Waals surface area (Å²) in [7, 11) is 1.59. The van der Waals surface area contributed by atoms with Gasteiger partial charge in [-0.25, -0.2) is 4.98 Å². The molecule has 0 radical (unpaired) electrons. The van der Waals surface area contributed by atoms with E-state index in [-0.39, 0.29) is 0 Å². The lowest BCUT2D eigenvalue weighted by Crippen LogP contribution is -1.93. The average Bonchev–Trinajstić information content (AvgIpc) is 2.34. The van der Waals surface area contributed by atoms with Gasteiger partial charge in [-0.15, -0.1) is 0 Å². The Labute approximate surface area is 142 Å². The Morgan fingerprint density at radius 1 is 1.21 bits per heavy atom. The van der Waals surface area contributed by atoms with Crippen molar-refractivity contribution >= 4 is 61.7 Å². The van der Waals surface area contributed by atoms with E-state index in [1.165, 1.54) is 0 Å². The number of pyridine rings is 1. The van der Waals surface area contributed by atoms with Gasteiger partial charge in [-0.1, -0.05) is 39.1 Å². The highest BCUT2D eigenvalue weighted by atomic mass is 127. The van der Waals surface area contributed by atoms with E-state index in [1.807, 2.05) is 0 Å². The molecule has 0 amide bonds. The summed E-state index contributed by atoms with van der Waals surface area (Å²) in [5.74, 6) is 1.46. The standard InChI is InChI=1S/C12H7BrCl2INO2/c1-18-10-5-17-11(4-9(10)16)19-12-7(14)2-6(13)3-8(12)15/h2-5H,1H3. The fraction of sp³-hybridized carbons (Fsp3) is 0.0833. The van der Waals surface area contributed by atoms with Gasteiger partial charge < -0.3 is 9.47 Å². The molecule has 0 aliphatic rings. The van der Waals surface area contributed by atoms with Crippen LogP contribution in [0.25, 0.3) is 0 Å². The number of nitrogens with zero attached hydrogens (tertiary/aromatic N) is 1. The van der Waals surface area contributed by atoms with Crippen molar-refractivity contribution in [3.05, 3.63) is 42.5 Å². The fourth-order valence-corrected chi connectivity index (χ4v) is 3.25. The molecule has 7 heteroatoms. The van der Waals surface area contributed by atoms with Crippen molar-refractivity contribution in [1.29, 1.82) is 0 Å². The van der Waals surface area contributed by atoms with Crippen LogP contribution in [0.3, 0.4) is 0 Å². The number of aromatic nitrogens is 1. The monoisotopic (exact) mass is 473 g/mol. The summed E-state index contributed by atoms with van der Waals surface area (Å²) in [6.45, 7) is 0. The SMILES string of the molecule is COc1cnc(Oc2c(Cl)cc(Br)cc2Cl)cc1I. The molecule has 3 nitrogen and oxygen atoms in total. The molecule has 0 aliphatic heterocycles. The van der Waals surface area contributed by atoms with Gasteiger partial charge in [0.15, 0.2) is 11.5 Å². The van der Waals surface area contributed by atoms with Gasteiger partial charge >= 0.3 is 0 Å². The maximum Gasteiger partial charge on any atom is 0.220 e. The van der Waals surface area contributed by atoms with Crippen molar-refractivity contribution in [2.24, 2.45) is 0 Å². The van der Waals surface area contributed by atoms with E-state index in [0.29, 0.717) is 27.4 Å². The summed E-state index contributed by atoms with van der Waals surface area (Å²) < 4.78 is 12.4. The van der Waals surface area contributed by atoms with Crippen LogP contribution in [0, 0.1) is 3.57 Å². The molecular formula is C12H7BrCl2INO2. The van der Waals surface area contributed by atoms with Crippen LogP contribution in [0.1, 0.15) is 0 Å². The van der Waals surface area contributed by atoms with Crippen molar-refractivity contribution in [2.45, 2.75) is 0 Å².